The molecule has 1 N–H and O–H groups in total. The van der Waals surface area contributed by atoms with E-state index in [1.807, 2.05) is 13.8 Å². The number of aromatic nitrogens is 2. The first-order chi connectivity index (χ1) is 9.71. The molecule has 2 rings (SSSR count). The van der Waals surface area contributed by atoms with Crippen LogP contribution in [-0.2, 0) is 6.18 Å². The molecule has 0 fully saturated rings. The maximum Gasteiger partial charge on any atom is 0.419 e. The highest BCUT2D eigenvalue weighted by atomic mass is 32.1. The van der Waals surface area contributed by atoms with Gasteiger partial charge >= 0.3 is 6.18 Å². The summed E-state index contributed by atoms with van der Waals surface area (Å²) in [4.78, 5) is 0.407. The first-order valence-corrected chi connectivity index (χ1v) is 6.86. The maximum atomic E-state index is 13.5. The van der Waals surface area contributed by atoms with Crippen molar-refractivity contribution in [2.75, 3.05) is 0 Å². The zero-order valence-corrected chi connectivity index (χ0v) is 12.0. The number of benzene rings is 1. The van der Waals surface area contributed by atoms with Crippen molar-refractivity contribution in [3.05, 3.63) is 45.7 Å². The molecule has 2 aromatic rings. The Kier molecular flexibility index (Phi) is 4.29. The van der Waals surface area contributed by atoms with E-state index in [0.717, 1.165) is 17.6 Å². The molecule has 21 heavy (non-hydrogen) atoms. The van der Waals surface area contributed by atoms with Crippen molar-refractivity contribution in [2.24, 2.45) is 0 Å². The van der Waals surface area contributed by atoms with Crippen molar-refractivity contribution in [3.8, 4) is 0 Å². The average molecular weight is 320 g/mol. The van der Waals surface area contributed by atoms with Gasteiger partial charge in [0.05, 0.1) is 16.1 Å². The van der Waals surface area contributed by atoms with Gasteiger partial charge in [-0.25, -0.2) is 4.39 Å². The van der Waals surface area contributed by atoms with Gasteiger partial charge in [-0.15, -0.1) is 5.10 Å². The van der Waals surface area contributed by atoms with Gasteiger partial charge in [-0.3, -0.25) is 0 Å². The fourth-order valence-corrected chi connectivity index (χ4v) is 2.70. The maximum absolute atomic E-state index is 13.5. The van der Waals surface area contributed by atoms with Crippen LogP contribution in [0.25, 0.3) is 0 Å². The molecule has 1 aromatic carbocycles. The van der Waals surface area contributed by atoms with E-state index in [0.29, 0.717) is 22.7 Å². The summed E-state index contributed by atoms with van der Waals surface area (Å²) in [7, 11) is 0. The summed E-state index contributed by atoms with van der Waals surface area (Å²) in [5.41, 5.74) is -0.772. The summed E-state index contributed by atoms with van der Waals surface area (Å²) >= 11 is 0.941. The normalized spacial score (nSPS) is 13.7. The second-order valence-corrected chi connectivity index (χ2v) is 5.60. The number of hydrogen-bond donors (Lipinski definition) is 1. The van der Waals surface area contributed by atoms with Gasteiger partial charge in [0, 0.05) is 0 Å². The van der Waals surface area contributed by atoms with Gasteiger partial charge in [-0.05, 0) is 35.1 Å². The Bertz CT molecular complexity index is 639. The number of rotatable bonds is 3. The van der Waals surface area contributed by atoms with E-state index in [2.05, 4.69) is 9.59 Å². The Balaban J connectivity index is 2.38. The first-order valence-electron chi connectivity index (χ1n) is 6.08. The van der Waals surface area contributed by atoms with Crippen LogP contribution in [0.5, 0.6) is 0 Å². The minimum atomic E-state index is -4.76. The van der Waals surface area contributed by atoms with Crippen LogP contribution in [0.2, 0.25) is 0 Å². The lowest BCUT2D eigenvalue weighted by Gasteiger charge is -2.14. The van der Waals surface area contributed by atoms with Crippen LogP contribution in [0.3, 0.4) is 0 Å². The third-order valence-electron chi connectivity index (χ3n) is 2.95. The quantitative estimate of drug-likeness (QED) is 0.873. The van der Waals surface area contributed by atoms with Gasteiger partial charge in [0.2, 0.25) is 0 Å². The molecular formula is C13H12F4N2OS. The fraction of sp³-hybridized carbons (Fsp3) is 0.385. The summed E-state index contributed by atoms with van der Waals surface area (Å²) in [5.74, 6) is -1.42. The van der Waals surface area contributed by atoms with E-state index in [4.69, 9.17) is 0 Å². The average Bonchev–Trinajstić information content (AvgIpc) is 2.85. The highest BCUT2D eigenvalue weighted by molar-refractivity contribution is 7.05. The topological polar surface area (TPSA) is 46.0 Å². The lowest BCUT2D eigenvalue weighted by atomic mass is 10.0. The van der Waals surface area contributed by atoms with Gasteiger partial charge in [0.1, 0.15) is 11.9 Å². The van der Waals surface area contributed by atoms with Crippen molar-refractivity contribution in [2.45, 2.75) is 32.0 Å². The predicted molar refractivity (Wildman–Crippen MR) is 69.5 cm³/mol. The summed E-state index contributed by atoms with van der Waals surface area (Å²) in [6.45, 7) is 3.70. The van der Waals surface area contributed by atoms with Crippen LogP contribution in [-0.4, -0.2) is 14.7 Å². The smallest absolute Gasteiger partial charge is 0.383 e. The molecule has 0 amide bonds. The van der Waals surface area contributed by atoms with Gasteiger partial charge in [-0.1, -0.05) is 24.4 Å². The fourth-order valence-electron chi connectivity index (χ4n) is 1.88. The molecule has 1 atom stereocenters. The molecule has 1 heterocycles. The molecule has 1 unspecified atom stereocenters. The number of halogens is 4. The number of aliphatic hydroxyl groups is 1. The number of aliphatic hydroxyl groups excluding tert-OH is 1. The van der Waals surface area contributed by atoms with Crippen molar-refractivity contribution >= 4 is 11.5 Å². The van der Waals surface area contributed by atoms with E-state index in [-0.39, 0.29) is 11.5 Å². The van der Waals surface area contributed by atoms with Crippen LogP contribution in [0.1, 0.15) is 47.6 Å². The zero-order chi connectivity index (χ0) is 15.8. The Morgan fingerprint density at radius 2 is 1.90 bits per heavy atom. The summed E-state index contributed by atoms with van der Waals surface area (Å²) < 4.78 is 54.8. The lowest BCUT2D eigenvalue weighted by molar-refractivity contribution is -0.140. The Morgan fingerprint density at radius 1 is 1.24 bits per heavy atom. The van der Waals surface area contributed by atoms with Crippen molar-refractivity contribution in [1.29, 1.82) is 0 Å². The third kappa shape index (κ3) is 3.21. The second kappa shape index (κ2) is 5.69. The molecule has 0 saturated carbocycles. The second-order valence-electron chi connectivity index (χ2n) is 4.82. The van der Waals surface area contributed by atoms with E-state index < -0.39 is 23.7 Å². The predicted octanol–water partition coefficient (Wildman–Crippen LogP) is 3.90. The molecule has 1 aromatic heterocycles. The summed E-state index contributed by atoms with van der Waals surface area (Å²) in [5, 5.41) is 14.1. The minimum Gasteiger partial charge on any atom is -0.383 e. The van der Waals surface area contributed by atoms with Gasteiger partial charge < -0.3 is 5.11 Å². The minimum absolute atomic E-state index is 0.00676. The third-order valence-corrected chi connectivity index (χ3v) is 3.74. The lowest BCUT2D eigenvalue weighted by Crippen LogP contribution is -2.10. The number of alkyl halides is 3. The standard InChI is InChI=1S/C13H12F4N2OS/c1-6(2)10-12(21-19-18-10)11(20)7-3-4-8(9(14)5-7)13(15,16)17/h3-6,11,20H,1-2H3. The molecule has 0 saturated heterocycles. The van der Waals surface area contributed by atoms with Crippen molar-refractivity contribution in [3.63, 3.8) is 0 Å². The highest BCUT2D eigenvalue weighted by Crippen LogP contribution is 2.35. The zero-order valence-electron chi connectivity index (χ0n) is 11.1. The first kappa shape index (κ1) is 15.8. The molecule has 0 spiro atoms. The number of hydrogen-bond acceptors (Lipinski definition) is 4. The largest absolute Gasteiger partial charge is 0.419 e. The van der Waals surface area contributed by atoms with E-state index in [1.165, 1.54) is 0 Å². The molecule has 114 valence electrons. The van der Waals surface area contributed by atoms with Crippen LogP contribution in [0.4, 0.5) is 17.6 Å². The van der Waals surface area contributed by atoms with Gasteiger partial charge in [-0.2, -0.15) is 13.2 Å². The van der Waals surface area contributed by atoms with Crippen molar-refractivity contribution in [1.82, 2.24) is 9.59 Å². The molecule has 0 aliphatic heterocycles. The summed E-state index contributed by atoms with van der Waals surface area (Å²) in [6.07, 6.45) is -6.01. The van der Waals surface area contributed by atoms with E-state index in [9.17, 15) is 22.7 Å². The molecule has 0 aliphatic rings. The van der Waals surface area contributed by atoms with Crippen LogP contribution in [0, 0.1) is 5.82 Å². The van der Waals surface area contributed by atoms with Crippen LogP contribution < -0.4 is 0 Å². The summed E-state index contributed by atoms with van der Waals surface area (Å²) in [6, 6.07) is 2.37. The molecule has 0 aliphatic carbocycles. The van der Waals surface area contributed by atoms with E-state index in [1.54, 1.807) is 0 Å². The Hall–Kier alpha value is -1.54. The monoisotopic (exact) mass is 320 g/mol. The van der Waals surface area contributed by atoms with Gasteiger partial charge in [0.15, 0.2) is 0 Å². The van der Waals surface area contributed by atoms with E-state index >= 15 is 0 Å². The Labute approximate surface area is 122 Å². The number of nitrogens with zero attached hydrogens (tertiary/aromatic N) is 2. The molecule has 3 nitrogen and oxygen atoms in total. The molecule has 0 bridgehead atoms. The molecule has 8 heteroatoms. The van der Waals surface area contributed by atoms with Crippen molar-refractivity contribution < 1.29 is 22.7 Å². The molecule has 0 radical (unpaired) electrons. The van der Waals surface area contributed by atoms with Gasteiger partial charge in [0.25, 0.3) is 0 Å². The highest BCUT2D eigenvalue weighted by Gasteiger charge is 2.34. The Morgan fingerprint density at radius 3 is 2.43 bits per heavy atom. The SMILES string of the molecule is CC(C)c1nnsc1C(O)c1ccc(C(F)(F)F)c(F)c1. The van der Waals surface area contributed by atoms with Crippen LogP contribution >= 0.6 is 11.5 Å². The molecular weight excluding hydrogens is 308 g/mol. The van der Waals surface area contributed by atoms with Crippen LogP contribution in [0.15, 0.2) is 18.2 Å².